The van der Waals surface area contributed by atoms with E-state index in [2.05, 4.69) is 15.2 Å². The topological polar surface area (TPSA) is 66.3 Å². The smallest absolute Gasteiger partial charge is 0.321 e. The number of pyridine rings is 1. The fourth-order valence-electron chi connectivity index (χ4n) is 4.04. The number of hydrogen-bond donors (Lipinski definition) is 1. The Labute approximate surface area is 199 Å². The Morgan fingerprint density at radius 3 is 2.62 bits per heavy atom. The fourth-order valence-corrected chi connectivity index (χ4v) is 4.22. The highest BCUT2D eigenvalue weighted by Gasteiger charge is 2.24. The Morgan fingerprint density at radius 2 is 1.85 bits per heavy atom. The number of amides is 2. The zero-order chi connectivity index (χ0) is 23.7. The van der Waals surface area contributed by atoms with Gasteiger partial charge in [-0.2, -0.15) is 0 Å². The fraction of sp³-hybridized carbons (Fsp3) is 0.208. The van der Waals surface area contributed by atoms with Crippen molar-refractivity contribution in [2.75, 3.05) is 31.5 Å². The van der Waals surface area contributed by atoms with E-state index >= 15 is 0 Å². The minimum atomic E-state index is -0.534. The van der Waals surface area contributed by atoms with Crippen molar-refractivity contribution in [3.8, 4) is 5.69 Å². The lowest BCUT2D eigenvalue weighted by atomic mass is 10.3. The van der Waals surface area contributed by atoms with E-state index in [0.717, 1.165) is 11.3 Å². The second kappa shape index (κ2) is 9.36. The Balaban J connectivity index is 1.28. The molecule has 2 amide bonds. The first kappa shape index (κ1) is 22.2. The third-order valence-corrected chi connectivity index (χ3v) is 6.04. The first-order valence-corrected chi connectivity index (χ1v) is 11.2. The number of imidazole rings is 1. The Hall–Kier alpha value is -3.56. The van der Waals surface area contributed by atoms with Crippen LogP contribution in [0.4, 0.5) is 19.3 Å². The molecule has 174 valence electrons. The summed E-state index contributed by atoms with van der Waals surface area (Å²) >= 11 is 5.79. The van der Waals surface area contributed by atoms with E-state index in [4.69, 9.17) is 16.6 Å². The van der Waals surface area contributed by atoms with Crippen molar-refractivity contribution >= 4 is 34.5 Å². The van der Waals surface area contributed by atoms with E-state index in [1.807, 2.05) is 22.8 Å². The summed E-state index contributed by atoms with van der Waals surface area (Å²) in [7, 11) is 0. The summed E-state index contributed by atoms with van der Waals surface area (Å²) in [6.45, 7) is 2.82. The van der Waals surface area contributed by atoms with Gasteiger partial charge in [-0.05, 0) is 48.5 Å². The highest BCUT2D eigenvalue weighted by Crippen LogP contribution is 2.23. The van der Waals surface area contributed by atoms with Crippen LogP contribution in [-0.2, 0) is 6.54 Å². The highest BCUT2D eigenvalue weighted by atomic mass is 35.5. The molecule has 0 bridgehead atoms. The Bertz CT molecular complexity index is 1350. The van der Waals surface area contributed by atoms with Gasteiger partial charge < -0.3 is 10.2 Å². The quantitative estimate of drug-likeness (QED) is 0.458. The molecule has 1 saturated heterocycles. The van der Waals surface area contributed by atoms with Crippen molar-refractivity contribution in [2.45, 2.75) is 6.54 Å². The number of carbonyl (C=O) groups is 1. The summed E-state index contributed by atoms with van der Waals surface area (Å²) in [6, 6.07) is 13.9. The lowest BCUT2D eigenvalue weighted by Crippen LogP contribution is -2.49. The molecule has 0 atom stereocenters. The number of rotatable bonds is 4. The van der Waals surface area contributed by atoms with Crippen molar-refractivity contribution in [3.05, 3.63) is 83.3 Å². The standard InChI is InChI=1S/C24H21ClF2N6O/c25-19-14-17(6-7-20(19)27)29-24(34)32-11-9-31(10-12-32)15-22-30-21-5-2-8-28-23(21)33(22)18-4-1-3-16(26)13-18/h1-8,13-14H,9-12,15H2,(H,29,34). The number of anilines is 1. The molecule has 7 nitrogen and oxygen atoms in total. The van der Waals surface area contributed by atoms with Gasteiger partial charge in [-0.3, -0.25) is 9.47 Å². The molecule has 0 aliphatic carbocycles. The monoisotopic (exact) mass is 482 g/mol. The Kier molecular flexibility index (Phi) is 6.12. The van der Waals surface area contributed by atoms with E-state index in [-0.39, 0.29) is 16.9 Å². The van der Waals surface area contributed by atoms with E-state index in [9.17, 15) is 13.6 Å². The number of piperazine rings is 1. The molecule has 0 unspecified atom stereocenters. The molecule has 10 heteroatoms. The number of nitrogens with zero attached hydrogens (tertiary/aromatic N) is 5. The number of nitrogens with one attached hydrogen (secondary N) is 1. The van der Waals surface area contributed by atoms with Gasteiger partial charge in [0.1, 0.15) is 23.0 Å². The molecule has 1 aliphatic rings. The van der Waals surface area contributed by atoms with Crippen LogP contribution < -0.4 is 5.32 Å². The molecule has 0 radical (unpaired) electrons. The molecular weight excluding hydrogens is 462 g/mol. The van der Waals surface area contributed by atoms with E-state index in [0.29, 0.717) is 49.7 Å². The third kappa shape index (κ3) is 4.57. The van der Waals surface area contributed by atoms with Gasteiger partial charge in [0, 0.05) is 38.1 Å². The number of aromatic nitrogens is 3. The van der Waals surface area contributed by atoms with Crippen molar-refractivity contribution < 1.29 is 13.6 Å². The molecule has 1 N–H and O–H groups in total. The van der Waals surface area contributed by atoms with Crippen molar-refractivity contribution in [1.29, 1.82) is 0 Å². The van der Waals surface area contributed by atoms with Gasteiger partial charge in [0.2, 0.25) is 0 Å². The van der Waals surface area contributed by atoms with Crippen LogP contribution in [0.2, 0.25) is 5.02 Å². The lowest BCUT2D eigenvalue weighted by molar-refractivity contribution is 0.140. The molecule has 4 aromatic rings. The zero-order valence-electron chi connectivity index (χ0n) is 18.1. The second-order valence-corrected chi connectivity index (χ2v) is 8.42. The molecular formula is C24H21ClF2N6O. The van der Waals surface area contributed by atoms with Crippen LogP contribution in [-0.4, -0.2) is 56.5 Å². The summed E-state index contributed by atoms with van der Waals surface area (Å²) in [4.78, 5) is 25.7. The first-order valence-electron chi connectivity index (χ1n) is 10.8. The van der Waals surface area contributed by atoms with E-state index in [1.54, 1.807) is 17.2 Å². The average Bonchev–Trinajstić information content (AvgIpc) is 3.19. The van der Waals surface area contributed by atoms with Gasteiger partial charge in [-0.1, -0.05) is 17.7 Å². The predicted octanol–water partition coefficient (Wildman–Crippen LogP) is 4.70. The molecule has 34 heavy (non-hydrogen) atoms. The maximum Gasteiger partial charge on any atom is 0.321 e. The molecule has 0 spiro atoms. The number of urea groups is 1. The van der Waals surface area contributed by atoms with Crippen LogP contribution in [0, 0.1) is 11.6 Å². The van der Waals surface area contributed by atoms with Crippen LogP contribution in [0.1, 0.15) is 5.82 Å². The van der Waals surface area contributed by atoms with Crippen LogP contribution in [0.3, 0.4) is 0 Å². The zero-order valence-corrected chi connectivity index (χ0v) is 18.8. The van der Waals surface area contributed by atoms with Crippen molar-refractivity contribution in [2.24, 2.45) is 0 Å². The largest absolute Gasteiger partial charge is 0.322 e. The van der Waals surface area contributed by atoms with Gasteiger partial charge in [0.05, 0.1) is 17.3 Å². The molecule has 0 saturated carbocycles. The van der Waals surface area contributed by atoms with Crippen molar-refractivity contribution in [1.82, 2.24) is 24.3 Å². The summed E-state index contributed by atoms with van der Waals surface area (Å²) < 4.78 is 29.2. The second-order valence-electron chi connectivity index (χ2n) is 8.01. The van der Waals surface area contributed by atoms with Gasteiger partial charge >= 0.3 is 6.03 Å². The number of halogens is 3. The van der Waals surface area contributed by atoms with Crippen molar-refractivity contribution in [3.63, 3.8) is 0 Å². The summed E-state index contributed by atoms with van der Waals surface area (Å²) in [5.41, 5.74) is 2.50. The van der Waals surface area contributed by atoms with Gasteiger partial charge in [0.25, 0.3) is 0 Å². The first-order chi connectivity index (χ1) is 16.5. The highest BCUT2D eigenvalue weighted by molar-refractivity contribution is 6.31. The average molecular weight is 483 g/mol. The molecule has 3 heterocycles. The number of benzene rings is 2. The van der Waals surface area contributed by atoms with E-state index in [1.165, 1.54) is 30.3 Å². The summed E-state index contributed by atoms with van der Waals surface area (Å²) in [5.74, 6) is -0.116. The summed E-state index contributed by atoms with van der Waals surface area (Å²) in [6.07, 6.45) is 1.69. The van der Waals surface area contributed by atoms with E-state index < -0.39 is 5.82 Å². The minimum Gasteiger partial charge on any atom is -0.322 e. The minimum absolute atomic E-state index is 0.0432. The van der Waals surface area contributed by atoms with Crippen LogP contribution in [0.15, 0.2) is 60.8 Å². The molecule has 2 aromatic carbocycles. The molecule has 1 fully saturated rings. The van der Waals surface area contributed by atoms with Gasteiger partial charge in [-0.15, -0.1) is 0 Å². The molecule has 5 rings (SSSR count). The number of fused-ring (bicyclic) bond motifs is 1. The van der Waals surface area contributed by atoms with Crippen LogP contribution in [0.25, 0.3) is 16.9 Å². The third-order valence-electron chi connectivity index (χ3n) is 5.75. The number of carbonyl (C=O) groups excluding carboxylic acids is 1. The maximum absolute atomic E-state index is 13.9. The predicted molar refractivity (Wildman–Crippen MR) is 126 cm³/mol. The lowest BCUT2D eigenvalue weighted by Gasteiger charge is -2.34. The molecule has 2 aromatic heterocycles. The SMILES string of the molecule is O=C(Nc1ccc(F)c(Cl)c1)N1CCN(Cc2nc3cccnc3n2-c2cccc(F)c2)CC1. The molecule has 1 aliphatic heterocycles. The number of hydrogen-bond acceptors (Lipinski definition) is 4. The maximum atomic E-state index is 13.9. The van der Waals surface area contributed by atoms with Gasteiger partial charge in [-0.25, -0.2) is 23.5 Å². The normalized spacial score (nSPS) is 14.5. The van der Waals surface area contributed by atoms with Crippen LogP contribution in [0.5, 0.6) is 0 Å². The van der Waals surface area contributed by atoms with Crippen LogP contribution >= 0.6 is 11.6 Å². The summed E-state index contributed by atoms with van der Waals surface area (Å²) in [5, 5.41) is 2.71. The van der Waals surface area contributed by atoms with Gasteiger partial charge in [0.15, 0.2) is 5.65 Å². The Morgan fingerprint density at radius 1 is 1.03 bits per heavy atom.